The highest BCUT2D eigenvalue weighted by atomic mass is 16.3. The number of hydrogen-bond donors (Lipinski definition) is 1. The maximum Gasteiger partial charge on any atom is 0.0832 e. The molecule has 0 bridgehead atoms. The fourth-order valence-electron chi connectivity index (χ4n) is 1.71. The molecule has 2 rings (SSSR count). The van der Waals surface area contributed by atoms with E-state index in [9.17, 15) is 0 Å². The van der Waals surface area contributed by atoms with Crippen LogP contribution in [-0.4, -0.2) is 9.67 Å². The van der Waals surface area contributed by atoms with Crippen LogP contribution in [0.1, 0.15) is 11.3 Å². The van der Waals surface area contributed by atoms with E-state index < -0.39 is 0 Å². The van der Waals surface area contributed by atoms with E-state index in [0.717, 1.165) is 18.7 Å². The molecule has 0 unspecified atom stereocenters. The van der Waals surface area contributed by atoms with E-state index in [2.05, 4.69) is 28.8 Å². The lowest BCUT2D eigenvalue weighted by Crippen LogP contribution is -2.04. The summed E-state index contributed by atoms with van der Waals surface area (Å²) < 4.78 is 2.09. The summed E-state index contributed by atoms with van der Waals surface area (Å²) in [6.07, 6.45) is 3.01. The van der Waals surface area contributed by atoms with Gasteiger partial charge in [-0.15, -0.1) is 0 Å². The first-order chi connectivity index (χ1) is 7.40. The monoisotopic (exact) mass is 201 g/mol. The smallest absolute Gasteiger partial charge is 0.0832 e. The number of hydrogen-bond acceptors (Lipinski definition) is 1. The second-order valence-electron chi connectivity index (χ2n) is 3.59. The van der Waals surface area contributed by atoms with Gasteiger partial charge in [0.1, 0.15) is 0 Å². The molecule has 0 atom stereocenters. The van der Waals surface area contributed by atoms with E-state index in [0.29, 0.717) is 0 Å². The van der Waals surface area contributed by atoms with E-state index in [1.165, 1.54) is 5.56 Å². The maximum atomic E-state index is 9.08. The fourth-order valence-corrected chi connectivity index (χ4v) is 1.71. The molecule has 1 heterocycles. The van der Waals surface area contributed by atoms with Crippen molar-refractivity contribution in [2.75, 3.05) is 0 Å². The number of rotatable bonds is 4. The van der Waals surface area contributed by atoms with Gasteiger partial charge in [0.05, 0.1) is 6.61 Å². The van der Waals surface area contributed by atoms with E-state index in [-0.39, 0.29) is 6.61 Å². The average molecular weight is 201 g/mol. The van der Waals surface area contributed by atoms with Gasteiger partial charge >= 0.3 is 0 Å². The van der Waals surface area contributed by atoms with Crippen LogP contribution in [0.4, 0.5) is 0 Å². The molecule has 0 saturated carbocycles. The lowest BCUT2D eigenvalue weighted by molar-refractivity contribution is 0.270. The second-order valence-corrected chi connectivity index (χ2v) is 3.59. The molecular formula is C13H15NO. The van der Waals surface area contributed by atoms with Crippen molar-refractivity contribution in [2.45, 2.75) is 19.6 Å². The van der Waals surface area contributed by atoms with Crippen LogP contribution >= 0.6 is 0 Å². The zero-order valence-corrected chi connectivity index (χ0v) is 8.63. The third-order valence-electron chi connectivity index (χ3n) is 2.57. The van der Waals surface area contributed by atoms with Gasteiger partial charge in [-0.3, -0.25) is 0 Å². The highest BCUT2D eigenvalue weighted by Crippen LogP contribution is 2.06. The minimum absolute atomic E-state index is 0.113. The van der Waals surface area contributed by atoms with Crippen molar-refractivity contribution < 1.29 is 5.11 Å². The van der Waals surface area contributed by atoms with Gasteiger partial charge < -0.3 is 9.67 Å². The highest BCUT2D eigenvalue weighted by molar-refractivity contribution is 5.15. The van der Waals surface area contributed by atoms with Gasteiger partial charge in [-0.2, -0.15) is 0 Å². The zero-order chi connectivity index (χ0) is 10.5. The predicted octanol–water partition coefficient (Wildman–Crippen LogP) is 2.22. The maximum absolute atomic E-state index is 9.08. The van der Waals surface area contributed by atoms with Crippen molar-refractivity contribution >= 4 is 0 Å². The number of benzene rings is 1. The first kappa shape index (κ1) is 9.99. The molecule has 2 nitrogen and oxygen atoms in total. The van der Waals surface area contributed by atoms with Crippen molar-refractivity contribution in [1.82, 2.24) is 4.57 Å². The molecule has 0 fully saturated rings. The normalized spacial score (nSPS) is 10.5. The lowest BCUT2D eigenvalue weighted by atomic mass is 10.1. The van der Waals surface area contributed by atoms with Crippen LogP contribution in [0, 0.1) is 0 Å². The standard InChI is InChI=1S/C13H15NO/c15-11-13-7-4-9-14(13)10-8-12-5-2-1-3-6-12/h1-7,9,15H,8,10-11H2. The molecule has 1 N–H and O–H groups in total. The van der Waals surface area contributed by atoms with Crippen molar-refractivity contribution in [1.29, 1.82) is 0 Å². The Morgan fingerprint density at radius 2 is 1.80 bits per heavy atom. The van der Waals surface area contributed by atoms with Gasteiger partial charge in [-0.1, -0.05) is 30.3 Å². The first-order valence-electron chi connectivity index (χ1n) is 5.19. The summed E-state index contributed by atoms with van der Waals surface area (Å²) in [5.74, 6) is 0. The van der Waals surface area contributed by atoms with E-state index in [1.54, 1.807) is 0 Å². The molecule has 2 aromatic rings. The Labute approximate surface area is 89.8 Å². The van der Waals surface area contributed by atoms with Crippen molar-refractivity contribution in [3.8, 4) is 0 Å². The zero-order valence-electron chi connectivity index (χ0n) is 8.63. The van der Waals surface area contributed by atoms with Crippen LogP contribution in [-0.2, 0) is 19.6 Å². The van der Waals surface area contributed by atoms with Crippen molar-refractivity contribution in [2.24, 2.45) is 0 Å². The molecule has 15 heavy (non-hydrogen) atoms. The number of nitrogens with zero attached hydrogens (tertiary/aromatic N) is 1. The largest absolute Gasteiger partial charge is 0.390 e. The molecule has 0 saturated heterocycles. The molecule has 0 radical (unpaired) electrons. The van der Waals surface area contributed by atoms with E-state index in [1.807, 2.05) is 24.4 Å². The number of aliphatic hydroxyl groups is 1. The number of aromatic nitrogens is 1. The molecule has 2 heteroatoms. The SMILES string of the molecule is OCc1cccn1CCc1ccccc1. The van der Waals surface area contributed by atoms with Crippen LogP contribution in [0.25, 0.3) is 0 Å². The van der Waals surface area contributed by atoms with Gasteiger partial charge in [0.25, 0.3) is 0 Å². The van der Waals surface area contributed by atoms with Crippen LogP contribution in [0.3, 0.4) is 0 Å². The Hall–Kier alpha value is -1.54. The van der Waals surface area contributed by atoms with Gasteiger partial charge in [0.2, 0.25) is 0 Å². The molecule has 0 amide bonds. The van der Waals surface area contributed by atoms with Gasteiger partial charge in [-0.25, -0.2) is 0 Å². The number of aliphatic hydroxyl groups excluding tert-OH is 1. The van der Waals surface area contributed by atoms with Crippen molar-refractivity contribution in [3.63, 3.8) is 0 Å². The number of aryl methyl sites for hydroxylation is 2. The Bertz CT molecular complexity index is 405. The first-order valence-corrected chi connectivity index (χ1v) is 5.19. The Balaban J connectivity index is 1.99. The Morgan fingerprint density at radius 3 is 2.53 bits per heavy atom. The van der Waals surface area contributed by atoms with Crippen LogP contribution in [0.15, 0.2) is 48.7 Å². The van der Waals surface area contributed by atoms with E-state index >= 15 is 0 Å². The summed E-state index contributed by atoms with van der Waals surface area (Å²) in [5.41, 5.74) is 2.31. The van der Waals surface area contributed by atoms with Crippen LogP contribution in [0.5, 0.6) is 0 Å². The van der Waals surface area contributed by atoms with Crippen LogP contribution in [0.2, 0.25) is 0 Å². The van der Waals surface area contributed by atoms with Gasteiger partial charge in [0, 0.05) is 18.4 Å². The highest BCUT2D eigenvalue weighted by Gasteiger charge is 1.99. The summed E-state index contributed by atoms with van der Waals surface area (Å²) in [7, 11) is 0. The summed E-state index contributed by atoms with van der Waals surface area (Å²) in [4.78, 5) is 0. The molecule has 0 aliphatic carbocycles. The molecule has 1 aromatic carbocycles. The molecule has 0 aliphatic heterocycles. The third kappa shape index (κ3) is 2.48. The minimum atomic E-state index is 0.113. The van der Waals surface area contributed by atoms with Crippen LogP contribution < -0.4 is 0 Å². The van der Waals surface area contributed by atoms with Crippen molar-refractivity contribution in [3.05, 3.63) is 59.9 Å². The Kier molecular flexibility index (Phi) is 3.20. The van der Waals surface area contributed by atoms with E-state index in [4.69, 9.17) is 5.11 Å². The second kappa shape index (κ2) is 4.80. The summed E-state index contributed by atoms with van der Waals surface area (Å²) >= 11 is 0. The van der Waals surface area contributed by atoms with Gasteiger partial charge in [0.15, 0.2) is 0 Å². The molecule has 1 aromatic heterocycles. The van der Waals surface area contributed by atoms with Gasteiger partial charge in [-0.05, 0) is 24.1 Å². The molecule has 0 spiro atoms. The summed E-state index contributed by atoms with van der Waals surface area (Å²) in [6.45, 7) is 1.04. The topological polar surface area (TPSA) is 25.2 Å². The summed E-state index contributed by atoms with van der Waals surface area (Å²) in [6, 6.07) is 14.3. The predicted molar refractivity (Wildman–Crippen MR) is 60.5 cm³/mol. The molecule has 0 aliphatic rings. The average Bonchev–Trinajstić information content (AvgIpc) is 2.75. The quantitative estimate of drug-likeness (QED) is 0.806. The lowest BCUT2D eigenvalue weighted by Gasteiger charge is -2.07. The third-order valence-corrected chi connectivity index (χ3v) is 2.57. The Morgan fingerprint density at radius 1 is 1.00 bits per heavy atom. The minimum Gasteiger partial charge on any atom is -0.390 e. The molecule has 78 valence electrons. The fraction of sp³-hybridized carbons (Fsp3) is 0.231. The molecular weight excluding hydrogens is 186 g/mol. The summed E-state index contributed by atoms with van der Waals surface area (Å²) in [5, 5.41) is 9.08.